The van der Waals surface area contributed by atoms with Gasteiger partial charge >= 0.3 is 0 Å². The number of piperidine rings is 1. The van der Waals surface area contributed by atoms with Crippen LogP contribution in [0.25, 0.3) is 0 Å². The first kappa shape index (κ1) is 24.1. The highest BCUT2D eigenvalue weighted by molar-refractivity contribution is 5.84. The van der Waals surface area contributed by atoms with Gasteiger partial charge in [-0.15, -0.1) is 0 Å². The van der Waals surface area contributed by atoms with E-state index in [2.05, 4.69) is 30.9 Å². The predicted octanol–water partition coefficient (Wildman–Crippen LogP) is 5.22. The average molecular weight is 455 g/mol. The summed E-state index contributed by atoms with van der Waals surface area (Å²) in [6, 6.07) is 8.45. The minimum Gasteiger partial charge on any atom is -0.491 e. The molecule has 2 fully saturated rings. The zero-order chi connectivity index (χ0) is 23.3. The maximum absolute atomic E-state index is 14.0. The van der Waals surface area contributed by atoms with E-state index in [9.17, 15) is 9.59 Å². The average Bonchev–Trinajstić information content (AvgIpc) is 2.84. The van der Waals surface area contributed by atoms with Gasteiger partial charge in [0, 0.05) is 25.0 Å². The van der Waals surface area contributed by atoms with Gasteiger partial charge in [0.05, 0.1) is 12.0 Å². The molecule has 5 heteroatoms. The van der Waals surface area contributed by atoms with Gasteiger partial charge in [0.15, 0.2) is 0 Å². The molecule has 2 aliphatic heterocycles. The normalized spacial score (nSPS) is 22.9. The number of rotatable bonds is 2. The Labute approximate surface area is 199 Å². The second kappa shape index (κ2) is 10.9. The summed E-state index contributed by atoms with van der Waals surface area (Å²) in [7, 11) is 0. The van der Waals surface area contributed by atoms with Crippen molar-refractivity contribution in [1.29, 1.82) is 0 Å². The molecule has 0 aromatic heterocycles. The molecule has 1 aromatic rings. The van der Waals surface area contributed by atoms with Crippen LogP contribution in [0.15, 0.2) is 24.3 Å². The monoisotopic (exact) mass is 454 g/mol. The molecule has 2 amide bonds. The molecule has 0 atom stereocenters. The number of ether oxygens (including phenoxy) is 1. The van der Waals surface area contributed by atoms with Gasteiger partial charge < -0.3 is 14.5 Å². The molecule has 0 unspecified atom stereocenters. The van der Waals surface area contributed by atoms with Gasteiger partial charge in [-0.05, 0) is 70.4 Å². The highest BCUT2D eigenvalue weighted by Gasteiger charge is 2.45. The standard InChI is InChI=1S/C28H42N2O3/c1-22(2)30-20-21-33-25-14-7-6-10-23(25)11-8-9-15-28(27(30)32)16-18-29(19-17-28)26(31)24-12-4-3-5-13-24/h6-7,10,14,22,24H,3-5,8-9,11-13,15-21H2,1-2H3. The van der Waals surface area contributed by atoms with E-state index < -0.39 is 0 Å². The Kier molecular flexibility index (Phi) is 7.98. The third-order valence-corrected chi connectivity index (χ3v) is 8.24. The summed E-state index contributed by atoms with van der Waals surface area (Å²) in [6.45, 7) is 6.79. The Hall–Kier alpha value is -2.04. The zero-order valence-electron chi connectivity index (χ0n) is 20.7. The lowest BCUT2D eigenvalue weighted by Gasteiger charge is -2.45. The summed E-state index contributed by atoms with van der Waals surface area (Å²) in [6.07, 6.45) is 11.3. The largest absolute Gasteiger partial charge is 0.491 e. The van der Waals surface area contributed by atoms with Crippen LogP contribution in [0.4, 0.5) is 0 Å². The van der Waals surface area contributed by atoms with Gasteiger partial charge in [-0.25, -0.2) is 0 Å². The van der Waals surface area contributed by atoms with Crippen LogP contribution in [0, 0.1) is 11.3 Å². The fourth-order valence-corrected chi connectivity index (χ4v) is 6.12. The highest BCUT2D eigenvalue weighted by atomic mass is 16.5. The van der Waals surface area contributed by atoms with Crippen molar-refractivity contribution in [2.45, 2.75) is 90.5 Å². The van der Waals surface area contributed by atoms with E-state index in [-0.39, 0.29) is 23.3 Å². The summed E-state index contributed by atoms with van der Waals surface area (Å²) >= 11 is 0. The second-order valence-electron chi connectivity index (χ2n) is 10.7. The minimum absolute atomic E-state index is 0.137. The van der Waals surface area contributed by atoms with Crippen LogP contribution in [-0.2, 0) is 16.0 Å². The van der Waals surface area contributed by atoms with Crippen LogP contribution in [0.3, 0.4) is 0 Å². The molecule has 182 valence electrons. The number of hydrogen-bond acceptors (Lipinski definition) is 3. The fraction of sp³-hybridized carbons (Fsp3) is 0.714. The molecule has 5 nitrogen and oxygen atoms in total. The Bertz CT molecular complexity index is 807. The smallest absolute Gasteiger partial charge is 0.229 e. The number of benzene rings is 1. The highest BCUT2D eigenvalue weighted by Crippen LogP contribution is 2.40. The predicted molar refractivity (Wildman–Crippen MR) is 131 cm³/mol. The molecule has 2 heterocycles. The molecule has 0 radical (unpaired) electrons. The lowest BCUT2D eigenvalue weighted by atomic mass is 9.72. The van der Waals surface area contributed by atoms with Crippen LogP contribution in [0.5, 0.6) is 5.75 Å². The molecule has 3 aliphatic rings. The third kappa shape index (κ3) is 5.55. The zero-order valence-corrected chi connectivity index (χ0v) is 20.7. The number of fused-ring (bicyclic) bond motifs is 1. The van der Waals surface area contributed by atoms with Crippen molar-refractivity contribution in [3.63, 3.8) is 0 Å². The molecular formula is C28H42N2O3. The van der Waals surface area contributed by atoms with Gasteiger partial charge in [0.2, 0.25) is 11.8 Å². The maximum Gasteiger partial charge on any atom is 0.229 e. The van der Waals surface area contributed by atoms with Gasteiger partial charge in [-0.1, -0.05) is 43.9 Å². The van der Waals surface area contributed by atoms with Crippen molar-refractivity contribution in [3.8, 4) is 5.75 Å². The SMILES string of the molecule is CC(C)N1CCOc2ccccc2CCCCC2(CCN(C(=O)C3CCCCC3)CC2)C1=O. The van der Waals surface area contributed by atoms with Gasteiger partial charge in [0.25, 0.3) is 0 Å². The number of para-hydroxylation sites is 1. The fourth-order valence-electron chi connectivity index (χ4n) is 6.12. The van der Waals surface area contributed by atoms with Crippen molar-refractivity contribution in [2.75, 3.05) is 26.2 Å². The van der Waals surface area contributed by atoms with Crippen molar-refractivity contribution in [2.24, 2.45) is 11.3 Å². The van der Waals surface area contributed by atoms with E-state index in [1.54, 1.807) is 0 Å². The topological polar surface area (TPSA) is 49.9 Å². The summed E-state index contributed by atoms with van der Waals surface area (Å²) in [4.78, 5) is 31.2. The lowest BCUT2D eigenvalue weighted by molar-refractivity contribution is -0.152. The minimum atomic E-state index is -0.341. The summed E-state index contributed by atoms with van der Waals surface area (Å²) < 4.78 is 6.13. The molecule has 1 aliphatic carbocycles. The number of hydrogen-bond donors (Lipinski definition) is 0. The molecule has 4 rings (SSSR count). The maximum atomic E-state index is 14.0. The molecule has 1 spiro atoms. The second-order valence-corrected chi connectivity index (χ2v) is 10.7. The summed E-state index contributed by atoms with van der Waals surface area (Å²) in [5, 5.41) is 0. The van der Waals surface area contributed by atoms with E-state index in [1.165, 1.54) is 24.8 Å². The van der Waals surface area contributed by atoms with Gasteiger partial charge in [-0.2, -0.15) is 0 Å². The van der Waals surface area contributed by atoms with Crippen molar-refractivity contribution in [3.05, 3.63) is 29.8 Å². The molecule has 1 aromatic carbocycles. The van der Waals surface area contributed by atoms with Crippen molar-refractivity contribution >= 4 is 11.8 Å². The number of carbonyl (C=O) groups excluding carboxylic acids is 2. The molecular weight excluding hydrogens is 412 g/mol. The Morgan fingerprint density at radius 1 is 0.970 bits per heavy atom. The summed E-state index contributed by atoms with van der Waals surface area (Å²) in [5.41, 5.74) is 0.925. The molecule has 1 saturated heterocycles. The molecule has 0 N–H and O–H groups in total. The first-order valence-electron chi connectivity index (χ1n) is 13.3. The van der Waals surface area contributed by atoms with E-state index in [0.29, 0.717) is 19.1 Å². The summed E-state index contributed by atoms with van der Waals surface area (Å²) in [5.74, 6) is 1.79. The van der Waals surface area contributed by atoms with E-state index in [1.807, 2.05) is 17.0 Å². The van der Waals surface area contributed by atoms with Crippen LogP contribution in [-0.4, -0.2) is 53.9 Å². The lowest BCUT2D eigenvalue weighted by Crippen LogP contribution is -2.54. The number of likely N-dealkylation sites (tertiary alicyclic amines) is 1. The van der Waals surface area contributed by atoms with Gasteiger partial charge in [0.1, 0.15) is 12.4 Å². The van der Waals surface area contributed by atoms with Crippen LogP contribution in [0.1, 0.15) is 83.6 Å². The van der Waals surface area contributed by atoms with Gasteiger partial charge in [-0.3, -0.25) is 9.59 Å². The first-order valence-corrected chi connectivity index (χ1v) is 13.3. The number of carbonyl (C=O) groups is 2. The molecule has 1 saturated carbocycles. The molecule has 0 bridgehead atoms. The molecule has 33 heavy (non-hydrogen) atoms. The number of nitrogens with zero attached hydrogens (tertiary/aromatic N) is 2. The first-order chi connectivity index (χ1) is 16.0. The number of amides is 2. The van der Waals surface area contributed by atoms with E-state index in [0.717, 1.165) is 70.2 Å². The van der Waals surface area contributed by atoms with Crippen molar-refractivity contribution in [1.82, 2.24) is 9.80 Å². The van der Waals surface area contributed by atoms with E-state index >= 15 is 0 Å². The van der Waals surface area contributed by atoms with E-state index in [4.69, 9.17) is 4.74 Å². The Balaban J connectivity index is 1.48. The van der Waals surface area contributed by atoms with Crippen molar-refractivity contribution < 1.29 is 14.3 Å². The Morgan fingerprint density at radius 3 is 2.42 bits per heavy atom. The quantitative estimate of drug-likeness (QED) is 0.616. The third-order valence-electron chi connectivity index (χ3n) is 8.24. The van der Waals surface area contributed by atoms with Crippen LogP contribution in [0.2, 0.25) is 0 Å². The number of aryl methyl sites for hydroxylation is 1. The van der Waals surface area contributed by atoms with Crippen LogP contribution < -0.4 is 4.74 Å². The van der Waals surface area contributed by atoms with Crippen LogP contribution >= 0.6 is 0 Å². The Morgan fingerprint density at radius 2 is 1.70 bits per heavy atom.